The molecule has 0 atom stereocenters. The summed E-state index contributed by atoms with van der Waals surface area (Å²) in [5.41, 5.74) is 3.01. The van der Waals surface area contributed by atoms with Gasteiger partial charge in [-0.05, 0) is 31.0 Å². The van der Waals surface area contributed by atoms with E-state index in [0.717, 1.165) is 19.3 Å². The topological polar surface area (TPSA) is 74.7 Å². The molecule has 0 unspecified atom stereocenters. The summed E-state index contributed by atoms with van der Waals surface area (Å²) in [6, 6.07) is 9.29. The summed E-state index contributed by atoms with van der Waals surface area (Å²) in [7, 11) is -3.49. The highest BCUT2D eigenvalue weighted by Crippen LogP contribution is 2.20. The van der Waals surface area contributed by atoms with Crippen molar-refractivity contribution in [3.05, 3.63) is 54.0 Å². The van der Waals surface area contributed by atoms with Gasteiger partial charge in [0.05, 0.1) is 6.21 Å². The Morgan fingerprint density at radius 1 is 1.12 bits per heavy atom. The van der Waals surface area contributed by atoms with Gasteiger partial charge in [-0.3, -0.25) is 5.43 Å². The number of anilines is 1. The zero-order valence-corrected chi connectivity index (χ0v) is 14.4. The van der Waals surface area contributed by atoms with Crippen LogP contribution in [0, 0.1) is 5.82 Å². The number of sulfonamides is 1. The lowest BCUT2D eigenvalue weighted by Crippen LogP contribution is -2.35. The van der Waals surface area contributed by atoms with Crippen molar-refractivity contribution in [2.75, 3.05) is 18.5 Å². The molecule has 0 saturated carbocycles. The Morgan fingerprint density at radius 2 is 1.88 bits per heavy atom. The first kappa shape index (κ1) is 17.5. The van der Waals surface area contributed by atoms with Crippen LogP contribution in [0.2, 0.25) is 0 Å². The Hall–Kier alpha value is -2.32. The minimum absolute atomic E-state index is 0.165. The first-order valence-corrected chi connectivity index (χ1v) is 9.51. The number of rotatable bonds is 5. The molecule has 2 aromatic rings. The highest BCUT2D eigenvalue weighted by Gasteiger charge is 2.25. The zero-order chi connectivity index (χ0) is 17.7. The van der Waals surface area contributed by atoms with Crippen molar-refractivity contribution in [2.45, 2.75) is 24.2 Å². The summed E-state index contributed by atoms with van der Waals surface area (Å²) in [6.45, 7) is 1.10. The molecule has 0 spiro atoms. The lowest BCUT2D eigenvalue weighted by Gasteiger charge is -2.25. The fourth-order valence-corrected chi connectivity index (χ4v) is 4.06. The standard InChI is InChI=1S/C17H19FN4O2S/c18-16-7-3-2-6-14(16)12-20-21-17-9-8-15(13-19-17)25(23,24)22-10-4-1-5-11-22/h2-3,6-9,12-13H,1,4-5,10-11H2,(H,19,21). The molecule has 0 aliphatic carbocycles. The number of benzene rings is 1. The molecule has 3 rings (SSSR count). The van der Waals surface area contributed by atoms with Crippen LogP contribution in [0.1, 0.15) is 24.8 Å². The number of hydrogen-bond acceptors (Lipinski definition) is 5. The Labute approximate surface area is 146 Å². The van der Waals surface area contributed by atoms with E-state index in [1.165, 1.54) is 34.9 Å². The Bertz CT molecular complexity index is 847. The van der Waals surface area contributed by atoms with Crippen LogP contribution in [0.3, 0.4) is 0 Å². The highest BCUT2D eigenvalue weighted by atomic mass is 32.2. The molecule has 0 amide bonds. The van der Waals surface area contributed by atoms with Crippen LogP contribution >= 0.6 is 0 Å². The molecule has 1 fully saturated rings. The molecule has 8 heteroatoms. The van der Waals surface area contributed by atoms with E-state index >= 15 is 0 Å². The SMILES string of the molecule is O=S(=O)(c1ccc(NN=Cc2ccccc2F)nc1)N1CCCCC1. The zero-order valence-electron chi connectivity index (χ0n) is 13.6. The maximum Gasteiger partial charge on any atom is 0.244 e. The fraction of sp³-hybridized carbons (Fsp3) is 0.294. The largest absolute Gasteiger partial charge is 0.261 e. The van der Waals surface area contributed by atoms with Crippen LogP contribution < -0.4 is 5.43 Å². The summed E-state index contributed by atoms with van der Waals surface area (Å²) in [5, 5.41) is 3.92. The summed E-state index contributed by atoms with van der Waals surface area (Å²) >= 11 is 0. The number of halogens is 1. The van der Waals surface area contributed by atoms with E-state index in [1.54, 1.807) is 18.2 Å². The molecule has 132 valence electrons. The van der Waals surface area contributed by atoms with Gasteiger partial charge in [0.15, 0.2) is 0 Å². The predicted molar refractivity (Wildman–Crippen MR) is 94.5 cm³/mol. The second kappa shape index (κ2) is 7.71. The van der Waals surface area contributed by atoms with Crippen LogP contribution in [-0.2, 0) is 10.0 Å². The smallest absolute Gasteiger partial charge is 0.244 e. The molecule has 1 aliphatic rings. The van der Waals surface area contributed by atoms with Gasteiger partial charge >= 0.3 is 0 Å². The average Bonchev–Trinajstić information content (AvgIpc) is 2.64. The van der Waals surface area contributed by atoms with E-state index < -0.39 is 10.0 Å². The molecule has 1 aromatic carbocycles. The van der Waals surface area contributed by atoms with E-state index in [4.69, 9.17) is 0 Å². The summed E-state index contributed by atoms with van der Waals surface area (Å²) in [4.78, 5) is 4.23. The van der Waals surface area contributed by atoms with E-state index in [1.807, 2.05) is 0 Å². The second-order valence-corrected chi connectivity index (χ2v) is 7.67. The Kier molecular flexibility index (Phi) is 5.40. The van der Waals surface area contributed by atoms with Gasteiger partial charge in [0.2, 0.25) is 10.0 Å². The molecule has 6 nitrogen and oxygen atoms in total. The van der Waals surface area contributed by atoms with Gasteiger partial charge in [0.1, 0.15) is 16.5 Å². The normalized spacial score (nSPS) is 16.2. The van der Waals surface area contributed by atoms with Crippen LogP contribution in [0.5, 0.6) is 0 Å². The van der Waals surface area contributed by atoms with E-state index in [2.05, 4.69) is 15.5 Å². The second-order valence-electron chi connectivity index (χ2n) is 5.74. The molecule has 1 aliphatic heterocycles. The van der Waals surface area contributed by atoms with Crippen molar-refractivity contribution >= 4 is 22.1 Å². The van der Waals surface area contributed by atoms with Crippen LogP contribution in [0.25, 0.3) is 0 Å². The van der Waals surface area contributed by atoms with Crippen molar-refractivity contribution in [1.82, 2.24) is 9.29 Å². The Morgan fingerprint density at radius 3 is 2.56 bits per heavy atom. The minimum Gasteiger partial charge on any atom is -0.261 e. The lowest BCUT2D eigenvalue weighted by atomic mass is 10.2. The predicted octanol–water partition coefficient (Wildman–Crippen LogP) is 2.84. The summed E-state index contributed by atoms with van der Waals surface area (Å²) < 4.78 is 40.0. The minimum atomic E-state index is -3.49. The van der Waals surface area contributed by atoms with E-state index in [9.17, 15) is 12.8 Å². The number of nitrogens with one attached hydrogen (secondary N) is 1. The fourth-order valence-electron chi connectivity index (χ4n) is 2.60. The molecular formula is C17H19FN4O2S. The summed E-state index contributed by atoms with van der Waals surface area (Å²) in [6.07, 6.45) is 5.49. The molecule has 25 heavy (non-hydrogen) atoms. The van der Waals surface area contributed by atoms with Crippen molar-refractivity contribution in [1.29, 1.82) is 0 Å². The quantitative estimate of drug-likeness (QED) is 0.656. The van der Waals surface area contributed by atoms with Crippen molar-refractivity contribution in [2.24, 2.45) is 5.10 Å². The van der Waals surface area contributed by atoms with Gasteiger partial charge in [-0.15, -0.1) is 0 Å². The number of piperidine rings is 1. The van der Waals surface area contributed by atoms with Crippen LogP contribution in [-0.4, -0.2) is 37.0 Å². The lowest BCUT2D eigenvalue weighted by molar-refractivity contribution is 0.346. The van der Waals surface area contributed by atoms with Crippen molar-refractivity contribution < 1.29 is 12.8 Å². The van der Waals surface area contributed by atoms with Gasteiger partial charge in [-0.1, -0.05) is 24.6 Å². The number of hydrogen-bond donors (Lipinski definition) is 1. The molecule has 1 N–H and O–H groups in total. The summed E-state index contributed by atoms with van der Waals surface area (Å²) in [5.74, 6) is 0.00849. The molecule has 1 aromatic heterocycles. The Balaban J connectivity index is 1.67. The van der Waals surface area contributed by atoms with Crippen LogP contribution in [0.4, 0.5) is 10.2 Å². The molecule has 0 radical (unpaired) electrons. The maximum atomic E-state index is 13.5. The van der Waals surface area contributed by atoms with Crippen molar-refractivity contribution in [3.63, 3.8) is 0 Å². The van der Waals surface area contributed by atoms with E-state index in [0.29, 0.717) is 24.5 Å². The first-order chi connectivity index (χ1) is 12.1. The highest BCUT2D eigenvalue weighted by molar-refractivity contribution is 7.89. The molecule has 0 bridgehead atoms. The third-order valence-electron chi connectivity index (χ3n) is 3.98. The van der Waals surface area contributed by atoms with Gasteiger partial charge in [0.25, 0.3) is 0 Å². The number of aromatic nitrogens is 1. The molecular weight excluding hydrogens is 343 g/mol. The average molecular weight is 362 g/mol. The van der Waals surface area contributed by atoms with Gasteiger partial charge in [0, 0.05) is 24.8 Å². The number of nitrogens with zero attached hydrogens (tertiary/aromatic N) is 3. The maximum absolute atomic E-state index is 13.5. The van der Waals surface area contributed by atoms with Gasteiger partial charge in [-0.2, -0.15) is 9.41 Å². The van der Waals surface area contributed by atoms with Crippen LogP contribution in [0.15, 0.2) is 52.6 Å². The molecule has 1 saturated heterocycles. The first-order valence-electron chi connectivity index (χ1n) is 8.07. The third-order valence-corrected chi connectivity index (χ3v) is 5.86. The monoisotopic (exact) mass is 362 g/mol. The number of hydrazone groups is 1. The van der Waals surface area contributed by atoms with Gasteiger partial charge < -0.3 is 0 Å². The molecule has 2 heterocycles. The third kappa shape index (κ3) is 4.21. The van der Waals surface area contributed by atoms with Crippen molar-refractivity contribution in [3.8, 4) is 0 Å². The number of pyridine rings is 1. The van der Waals surface area contributed by atoms with Gasteiger partial charge in [-0.25, -0.2) is 17.8 Å². The van der Waals surface area contributed by atoms with E-state index in [-0.39, 0.29) is 10.7 Å².